The molecule has 0 radical (unpaired) electrons. The lowest BCUT2D eigenvalue weighted by Gasteiger charge is -2.06. The van der Waals surface area contributed by atoms with Crippen molar-refractivity contribution in [1.29, 1.82) is 0 Å². The highest BCUT2D eigenvalue weighted by Crippen LogP contribution is 2.34. The molecule has 1 amide bonds. The van der Waals surface area contributed by atoms with Crippen molar-refractivity contribution >= 4 is 34.2 Å². The number of anilines is 1. The maximum atomic E-state index is 12.7. The number of amides is 1. The molecule has 3 rings (SSSR count). The van der Waals surface area contributed by atoms with Gasteiger partial charge in [-0.05, 0) is 48.7 Å². The van der Waals surface area contributed by atoms with Crippen molar-refractivity contribution < 1.29 is 33.0 Å². The molecule has 1 aromatic carbocycles. The summed E-state index contributed by atoms with van der Waals surface area (Å²) in [6.45, 7) is 3.86. The molecule has 2 heterocycles. The van der Waals surface area contributed by atoms with Crippen molar-refractivity contribution in [2.24, 2.45) is 0 Å². The van der Waals surface area contributed by atoms with E-state index in [0.29, 0.717) is 17.1 Å². The van der Waals surface area contributed by atoms with Gasteiger partial charge in [-0.3, -0.25) is 4.79 Å². The zero-order valence-corrected chi connectivity index (χ0v) is 19.7. The molecule has 0 spiro atoms. The minimum Gasteiger partial charge on any atom is -0.486 e. The molecule has 0 fully saturated rings. The number of furan rings is 1. The Hall–Kier alpha value is -3.59. The van der Waals surface area contributed by atoms with Crippen LogP contribution in [0.25, 0.3) is 0 Å². The first kappa shape index (κ1) is 24.1. The van der Waals surface area contributed by atoms with E-state index in [1.165, 1.54) is 25.8 Å². The molecule has 3 aromatic rings. The van der Waals surface area contributed by atoms with Crippen LogP contribution in [0.3, 0.4) is 0 Å². The monoisotopic (exact) mass is 471 g/mol. The average Bonchev–Trinajstić information content (AvgIpc) is 3.42. The summed E-state index contributed by atoms with van der Waals surface area (Å²) < 4.78 is 20.9. The van der Waals surface area contributed by atoms with Crippen LogP contribution in [0.2, 0.25) is 0 Å². The van der Waals surface area contributed by atoms with Gasteiger partial charge in [0.2, 0.25) is 0 Å². The molecule has 0 bridgehead atoms. The third-order valence-corrected chi connectivity index (χ3v) is 6.05. The molecule has 0 saturated carbocycles. The van der Waals surface area contributed by atoms with Crippen LogP contribution in [-0.2, 0) is 22.5 Å². The number of benzene rings is 1. The fraction of sp³-hybridized carbons (Fsp3) is 0.292. The van der Waals surface area contributed by atoms with Gasteiger partial charge in [-0.15, -0.1) is 11.3 Å². The molecule has 0 saturated heterocycles. The van der Waals surface area contributed by atoms with E-state index in [1.807, 2.05) is 24.3 Å². The fourth-order valence-electron chi connectivity index (χ4n) is 3.17. The molecule has 2 aromatic heterocycles. The minimum atomic E-state index is -0.673. The van der Waals surface area contributed by atoms with Gasteiger partial charge in [0.25, 0.3) is 5.91 Å². The Balaban J connectivity index is 1.70. The largest absolute Gasteiger partial charge is 0.486 e. The molecule has 1 N–H and O–H groups in total. The number of methoxy groups -OCH3 is 2. The third-order valence-electron chi connectivity index (χ3n) is 4.86. The summed E-state index contributed by atoms with van der Waals surface area (Å²) in [5, 5.41) is 2.80. The lowest BCUT2D eigenvalue weighted by atomic mass is 10.1. The maximum absolute atomic E-state index is 12.7. The van der Waals surface area contributed by atoms with Crippen LogP contribution >= 0.6 is 11.3 Å². The Morgan fingerprint density at radius 2 is 1.70 bits per heavy atom. The summed E-state index contributed by atoms with van der Waals surface area (Å²) in [6.07, 6.45) is 2.09. The smallest absolute Gasteiger partial charge is 0.348 e. The van der Waals surface area contributed by atoms with Crippen LogP contribution in [0.15, 0.2) is 40.8 Å². The third kappa shape index (κ3) is 5.61. The Morgan fingerprint density at radius 3 is 2.33 bits per heavy atom. The topological polar surface area (TPSA) is 104 Å². The van der Waals surface area contributed by atoms with Gasteiger partial charge in [-0.1, -0.05) is 25.5 Å². The van der Waals surface area contributed by atoms with Gasteiger partial charge >= 0.3 is 11.9 Å². The van der Waals surface area contributed by atoms with Crippen molar-refractivity contribution in [1.82, 2.24) is 0 Å². The number of carbonyl (C=O) groups excluding carboxylic acids is 3. The highest BCUT2D eigenvalue weighted by atomic mass is 32.1. The van der Waals surface area contributed by atoms with Crippen LogP contribution < -0.4 is 10.1 Å². The van der Waals surface area contributed by atoms with E-state index in [0.717, 1.165) is 24.2 Å². The van der Waals surface area contributed by atoms with Gasteiger partial charge in [-0.25, -0.2) is 9.59 Å². The fourth-order valence-corrected chi connectivity index (χ4v) is 4.28. The first-order valence-electron chi connectivity index (χ1n) is 10.3. The number of hydrogen-bond acceptors (Lipinski definition) is 8. The second kappa shape index (κ2) is 10.8. The molecule has 0 aliphatic heterocycles. The molecule has 0 aliphatic carbocycles. The van der Waals surface area contributed by atoms with Crippen LogP contribution in [0.4, 0.5) is 5.00 Å². The van der Waals surface area contributed by atoms with E-state index < -0.39 is 17.8 Å². The highest BCUT2D eigenvalue weighted by molar-refractivity contribution is 7.18. The molecule has 0 unspecified atom stereocenters. The van der Waals surface area contributed by atoms with Crippen LogP contribution in [0.1, 0.15) is 60.8 Å². The number of thiophene rings is 1. The average molecular weight is 472 g/mol. The predicted molar refractivity (Wildman–Crippen MR) is 123 cm³/mol. The van der Waals surface area contributed by atoms with Gasteiger partial charge in [0.1, 0.15) is 28.0 Å². The van der Waals surface area contributed by atoms with Crippen molar-refractivity contribution in [2.45, 2.75) is 33.3 Å². The molecule has 0 atom stereocenters. The van der Waals surface area contributed by atoms with Crippen molar-refractivity contribution in [3.8, 4) is 5.75 Å². The molecule has 8 nitrogen and oxygen atoms in total. The van der Waals surface area contributed by atoms with Gasteiger partial charge in [-0.2, -0.15) is 0 Å². The van der Waals surface area contributed by atoms with Gasteiger partial charge < -0.3 is 23.9 Å². The van der Waals surface area contributed by atoms with Gasteiger partial charge in [0.05, 0.1) is 19.8 Å². The maximum Gasteiger partial charge on any atom is 0.348 e. The molecular formula is C24H25NO7S. The molecular weight excluding hydrogens is 446 g/mol. The molecule has 9 heteroatoms. The van der Waals surface area contributed by atoms with Crippen molar-refractivity contribution in [3.05, 3.63) is 69.5 Å². The van der Waals surface area contributed by atoms with Gasteiger partial charge in [0, 0.05) is 0 Å². The summed E-state index contributed by atoms with van der Waals surface area (Å²) in [5.74, 6) is -0.662. The Kier molecular flexibility index (Phi) is 7.89. The minimum absolute atomic E-state index is 0.0355. The Morgan fingerprint density at radius 1 is 1.00 bits per heavy atom. The lowest BCUT2D eigenvalue weighted by Crippen LogP contribution is -2.13. The van der Waals surface area contributed by atoms with Crippen LogP contribution in [-0.4, -0.2) is 32.1 Å². The lowest BCUT2D eigenvalue weighted by molar-refractivity contribution is 0.0601. The normalized spacial score (nSPS) is 10.5. The number of hydrogen-bond donors (Lipinski definition) is 1. The number of esters is 2. The zero-order chi connectivity index (χ0) is 24.0. The van der Waals surface area contributed by atoms with E-state index in [1.54, 1.807) is 13.0 Å². The van der Waals surface area contributed by atoms with Crippen LogP contribution in [0, 0.1) is 6.92 Å². The van der Waals surface area contributed by atoms with E-state index in [9.17, 15) is 14.4 Å². The quantitative estimate of drug-likeness (QED) is 0.438. The summed E-state index contributed by atoms with van der Waals surface area (Å²) in [4.78, 5) is 37.1. The van der Waals surface area contributed by atoms with Crippen molar-refractivity contribution in [2.75, 3.05) is 19.5 Å². The SMILES string of the molecule is CCCc1ccc(OCc2ccc(C(=O)Nc3sc(C(=O)OC)c(C)c3C(=O)OC)o2)cc1. The summed E-state index contributed by atoms with van der Waals surface area (Å²) in [7, 11) is 2.46. The second-order valence-corrected chi connectivity index (χ2v) is 8.17. The predicted octanol–water partition coefficient (Wildman–Crippen LogP) is 5.01. The summed E-state index contributed by atoms with van der Waals surface area (Å²) in [5.41, 5.74) is 1.71. The molecule has 33 heavy (non-hydrogen) atoms. The van der Waals surface area contributed by atoms with E-state index in [-0.39, 0.29) is 27.8 Å². The van der Waals surface area contributed by atoms with Gasteiger partial charge in [0.15, 0.2) is 5.76 Å². The Bertz CT molecular complexity index is 1140. The first-order chi connectivity index (χ1) is 15.9. The number of aryl methyl sites for hydroxylation is 1. The standard InChI is InChI=1S/C24H25NO7S/c1-5-6-15-7-9-16(10-8-15)31-13-17-11-12-18(32-17)21(26)25-22-19(23(27)29-3)14(2)20(33-22)24(28)30-4/h7-12H,5-6,13H2,1-4H3,(H,25,26). The van der Waals surface area contributed by atoms with E-state index in [2.05, 4.69) is 12.2 Å². The zero-order valence-electron chi connectivity index (χ0n) is 18.9. The second-order valence-electron chi connectivity index (χ2n) is 7.15. The molecule has 0 aliphatic rings. The van der Waals surface area contributed by atoms with E-state index >= 15 is 0 Å². The summed E-state index contributed by atoms with van der Waals surface area (Å²) in [6, 6.07) is 11.0. The summed E-state index contributed by atoms with van der Waals surface area (Å²) >= 11 is 0.931. The first-order valence-corrected chi connectivity index (χ1v) is 11.1. The number of nitrogens with one attached hydrogen (secondary N) is 1. The van der Waals surface area contributed by atoms with Crippen LogP contribution in [0.5, 0.6) is 5.75 Å². The number of ether oxygens (including phenoxy) is 3. The number of rotatable bonds is 9. The van der Waals surface area contributed by atoms with Crippen molar-refractivity contribution in [3.63, 3.8) is 0 Å². The molecule has 174 valence electrons. The Labute approximate surface area is 195 Å². The highest BCUT2D eigenvalue weighted by Gasteiger charge is 2.27. The van der Waals surface area contributed by atoms with E-state index in [4.69, 9.17) is 18.6 Å². The number of carbonyl (C=O) groups is 3.